The highest BCUT2D eigenvalue weighted by atomic mass is 16.6. The number of nitro groups is 1. The van der Waals surface area contributed by atoms with Crippen molar-refractivity contribution in [1.82, 2.24) is 0 Å². The number of carboxylic acids is 1. The third-order valence-electron chi connectivity index (χ3n) is 1.94. The monoisotopic (exact) mass is 235 g/mol. The Labute approximate surface area is 97.0 Å². The van der Waals surface area contributed by atoms with Crippen LogP contribution in [0, 0.1) is 22.5 Å². The molecule has 0 spiro atoms. The Balaban J connectivity index is 3.15. The van der Waals surface area contributed by atoms with Crippen molar-refractivity contribution in [2.75, 3.05) is 0 Å². The first kappa shape index (κ1) is 12.5. The molecule has 1 N–H and O–H groups in total. The fourth-order valence-corrected chi connectivity index (χ4v) is 1.16. The number of terminal acetylenes is 1. The van der Waals surface area contributed by atoms with Crippen molar-refractivity contribution in [3.63, 3.8) is 0 Å². The Morgan fingerprint density at radius 3 is 2.76 bits per heavy atom. The van der Waals surface area contributed by atoms with E-state index >= 15 is 0 Å². The van der Waals surface area contributed by atoms with Crippen LogP contribution in [0.3, 0.4) is 0 Å². The first-order valence-electron chi connectivity index (χ1n) is 4.60. The Morgan fingerprint density at radius 1 is 1.65 bits per heavy atom. The molecule has 0 saturated carbocycles. The number of aromatic carboxylic acids is 1. The van der Waals surface area contributed by atoms with Gasteiger partial charge in [-0.3, -0.25) is 10.1 Å². The van der Waals surface area contributed by atoms with Gasteiger partial charge in [0.2, 0.25) is 0 Å². The number of carbonyl (C=O) groups is 1. The van der Waals surface area contributed by atoms with Gasteiger partial charge in [-0.2, -0.15) is 0 Å². The fraction of sp³-hybridized carbons (Fsp3) is 0.182. The summed E-state index contributed by atoms with van der Waals surface area (Å²) in [6.07, 6.45) is 4.55. The molecule has 0 aliphatic carbocycles. The number of benzene rings is 1. The second-order valence-electron chi connectivity index (χ2n) is 3.17. The van der Waals surface area contributed by atoms with Crippen LogP contribution in [0.5, 0.6) is 5.75 Å². The molecule has 0 saturated heterocycles. The molecule has 6 nitrogen and oxygen atoms in total. The molecule has 1 rings (SSSR count). The maximum atomic E-state index is 10.8. The zero-order valence-electron chi connectivity index (χ0n) is 8.91. The molecule has 0 amide bonds. The molecule has 1 aromatic carbocycles. The molecule has 17 heavy (non-hydrogen) atoms. The van der Waals surface area contributed by atoms with Gasteiger partial charge in [0.25, 0.3) is 5.69 Å². The highest BCUT2D eigenvalue weighted by molar-refractivity contribution is 5.92. The van der Waals surface area contributed by atoms with E-state index in [4.69, 9.17) is 16.3 Å². The van der Waals surface area contributed by atoms with Crippen LogP contribution in [-0.4, -0.2) is 22.1 Å². The second-order valence-corrected chi connectivity index (χ2v) is 3.17. The maximum Gasteiger partial charge on any atom is 0.342 e. The summed E-state index contributed by atoms with van der Waals surface area (Å²) in [6, 6.07) is 3.45. The number of nitrogens with zero attached hydrogens (tertiary/aromatic N) is 1. The van der Waals surface area contributed by atoms with Crippen molar-refractivity contribution in [2.45, 2.75) is 13.0 Å². The van der Waals surface area contributed by atoms with Crippen LogP contribution >= 0.6 is 0 Å². The van der Waals surface area contributed by atoms with Crippen LogP contribution in [0.1, 0.15) is 17.3 Å². The van der Waals surface area contributed by atoms with Gasteiger partial charge in [0, 0.05) is 12.1 Å². The number of ether oxygens (including phenoxy) is 1. The predicted octanol–water partition coefficient (Wildman–Crippen LogP) is 1.69. The van der Waals surface area contributed by atoms with Gasteiger partial charge in [0.15, 0.2) is 6.10 Å². The lowest BCUT2D eigenvalue weighted by Gasteiger charge is -2.09. The van der Waals surface area contributed by atoms with Crippen molar-refractivity contribution in [3.8, 4) is 18.1 Å². The molecule has 6 heteroatoms. The number of nitro benzene ring substituents is 1. The van der Waals surface area contributed by atoms with Gasteiger partial charge in [-0.25, -0.2) is 4.79 Å². The van der Waals surface area contributed by atoms with E-state index in [1.807, 2.05) is 0 Å². The van der Waals surface area contributed by atoms with E-state index in [1.54, 1.807) is 6.92 Å². The summed E-state index contributed by atoms with van der Waals surface area (Å²) >= 11 is 0. The smallest absolute Gasteiger partial charge is 0.342 e. The van der Waals surface area contributed by atoms with Gasteiger partial charge in [-0.1, -0.05) is 5.92 Å². The summed E-state index contributed by atoms with van der Waals surface area (Å²) < 4.78 is 5.17. The molecular formula is C11H9NO5. The van der Waals surface area contributed by atoms with Crippen molar-refractivity contribution < 1.29 is 19.6 Å². The first-order chi connectivity index (χ1) is 7.95. The molecule has 88 valence electrons. The van der Waals surface area contributed by atoms with Crippen LogP contribution in [-0.2, 0) is 0 Å². The molecule has 0 bridgehead atoms. The van der Waals surface area contributed by atoms with E-state index in [9.17, 15) is 14.9 Å². The van der Waals surface area contributed by atoms with Gasteiger partial charge in [-0.15, -0.1) is 6.42 Å². The highest BCUT2D eigenvalue weighted by Crippen LogP contribution is 2.24. The van der Waals surface area contributed by atoms with E-state index in [2.05, 4.69) is 5.92 Å². The van der Waals surface area contributed by atoms with Crippen LogP contribution < -0.4 is 4.74 Å². The maximum absolute atomic E-state index is 10.8. The minimum Gasteiger partial charge on any atom is -0.478 e. The lowest BCUT2D eigenvalue weighted by atomic mass is 10.1. The SMILES string of the molecule is C#CC(C)Oc1ccc([N+](=O)[O-])c(C(=O)O)c1. The van der Waals surface area contributed by atoms with Gasteiger partial charge < -0.3 is 9.84 Å². The number of rotatable bonds is 4. The molecular weight excluding hydrogens is 226 g/mol. The quantitative estimate of drug-likeness (QED) is 0.487. The van der Waals surface area contributed by atoms with Crippen molar-refractivity contribution in [3.05, 3.63) is 33.9 Å². The summed E-state index contributed by atoms with van der Waals surface area (Å²) in [5.41, 5.74) is -0.921. The van der Waals surface area contributed by atoms with Crippen molar-refractivity contribution >= 4 is 11.7 Å². The molecule has 0 aliphatic heterocycles. The van der Waals surface area contributed by atoms with Crippen LogP contribution in [0.15, 0.2) is 18.2 Å². The Morgan fingerprint density at radius 2 is 2.29 bits per heavy atom. The summed E-state index contributed by atoms with van der Waals surface area (Å²) in [5, 5.41) is 19.4. The third-order valence-corrected chi connectivity index (χ3v) is 1.94. The van der Waals surface area contributed by atoms with Gasteiger partial charge in [0.1, 0.15) is 11.3 Å². The number of carboxylic acid groups (broad SMARTS) is 1. The van der Waals surface area contributed by atoms with Crippen LogP contribution in [0.25, 0.3) is 0 Å². The normalized spacial score (nSPS) is 11.3. The molecule has 0 heterocycles. The van der Waals surface area contributed by atoms with Crippen LogP contribution in [0.2, 0.25) is 0 Å². The Hall–Kier alpha value is -2.55. The lowest BCUT2D eigenvalue weighted by molar-refractivity contribution is -0.385. The fourth-order valence-electron chi connectivity index (χ4n) is 1.16. The number of hydrogen-bond donors (Lipinski definition) is 1. The first-order valence-corrected chi connectivity index (χ1v) is 4.60. The minimum absolute atomic E-state index is 0.179. The Bertz CT molecular complexity index is 503. The zero-order chi connectivity index (χ0) is 13.0. The lowest BCUT2D eigenvalue weighted by Crippen LogP contribution is -2.09. The van der Waals surface area contributed by atoms with E-state index in [-0.39, 0.29) is 5.75 Å². The van der Waals surface area contributed by atoms with Crippen molar-refractivity contribution in [1.29, 1.82) is 0 Å². The van der Waals surface area contributed by atoms with E-state index < -0.39 is 28.2 Å². The molecule has 0 aliphatic rings. The van der Waals surface area contributed by atoms with E-state index in [0.29, 0.717) is 0 Å². The second kappa shape index (κ2) is 4.99. The predicted molar refractivity (Wildman–Crippen MR) is 59.0 cm³/mol. The molecule has 1 atom stereocenters. The summed E-state index contributed by atoms with van der Waals surface area (Å²) in [4.78, 5) is 20.7. The van der Waals surface area contributed by atoms with E-state index in [1.165, 1.54) is 6.07 Å². The average Bonchev–Trinajstić information content (AvgIpc) is 2.28. The largest absolute Gasteiger partial charge is 0.478 e. The summed E-state index contributed by atoms with van der Waals surface area (Å²) in [6.45, 7) is 1.60. The van der Waals surface area contributed by atoms with Crippen molar-refractivity contribution in [2.24, 2.45) is 0 Å². The zero-order valence-corrected chi connectivity index (χ0v) is 8.91. The van der Waals surface area contributed by atoms with Crippen LogP contribution in [0.4, 0.5) is 5.69 Å². The number of hydrogen-bond acceptors (Lipinski definition) is 4. The van der Waals surface area contributed by atoms with Gasteiger partial charge in [0.05, 0.1) is 4.92 Å². The third kappa shape index (κ3) is 2.95. The molecule has 0 radical (unpaired) electrons. The topological polar surface area (TPSA) is 89.7 Å². The average molecular weight is 235 g/mol. The Kier molecular flexibility index (Phi) is 3.67. The standard InChI is InChI=1S/C11H9NO5/c1-3-7(2)17-8-4-5-10(12(15)16)9(6-8)11(13)14/h1,4-7H,2H3,(H,13,14). The van der Waals surface area contributed by atoms with Gasteiger partial charge in [-0.05, 0) is 13.0 Å². The van der Waals surface area contributed by atoms with E-state index in [0.717, 1.165) is 12.1 Å². The molecule has 0 fully saturated rings. The minimum atomic E-state index is -1.39. The highest BCUT2D eigenvalue weighted by Gasteiger charge is 2.20. The summed E-state index contributed by atoms with van der Waals surface area (Å²) in [5.74, 6) is 1.08. The van der Waals surface area contributed by atoms with Gasteiger partial charge >= 0.3 is 5.97 Å². The molecule has 1 unspecified atom stereocenters. The molecule has 1 aromatic rings. The molecule has 0 aromatic heterocycles. The summed E-state index contributed by atoms with van der Waals surface area (Å²) in [7, 11) is 0.